The van der Waals surface area contributed by atoms with E-state index in [1.54, 1.807) is 7.11 Å². The van der Waals surface area contributed by atoms with E-state index >= 15 is 0 Å². The predicted molar refractivity (Wildman–Crippen MR) is 82.1 cm³/mol. The summed E-state index contributed by atoms with van der Waals surface area (Å²) in [6.45, 7) is 11.1. The van der Waals surface area contributed by atoms with Crippen LogP contribution in [0.2, 0.25) is 0 Å². The standard InChI is InChI=1S/C15H26N4O/c1-10-12(16)17-14(15(2,3)4)18-13(10)19-7-6-11(8-19)9-20-5/h11H,6-9H2,1-5H3,(H2,16,17,18). The molecule has 1 atom stereocenters. The van der Waals surface area contributed by atoms with Crippen LogP contribution in [-0.4, -0.2) is 36.8 Å². The molecular weight excluding hydrogens is 252 g/mol. The zero-order valence-corrected chi connectivity index (χ0v) is 13.2. The quantitative estimate of drug-likeness (QED) is 0.917. The first-order chi connectivity index (χ1) is 9.32. The summed E-state index contributed by atoms with van der Waals surface area (Å²) in [4.78, 5) is 11.5. The number of aromatic nitrogens is 2. The molecule has 0 bridgehead atoms. The SMILES string of the molecule is COCC1CCN(c2nc(C(C)(C)C)nc(N)c2C)C1. The number of nitrogens with two attached hydrogens (primary N) is 1. The van der Waals surface area contributed by atoms with E-state index < -0.39 is 0 Å². The van der Waals surface area contributed by atoms with E-state index in [-0.39, 0.29) is 5.41 Å². The van der Waals surface area contributed by atoms with Gasteiger partial charge in [-0.25, -0.2) is 9.97 Å². The van der Waals surface area contributed by atoms with Crippen LogP contribution in [0.5, 0.6) is 0 Å². The molecule has 0 radical (unpaired) electrons. The molecule has 112 valence electrons. The third-order valence-electron chi connectivity index (χ3n) is 3.82. The van der Waals surface area contributed by atoms with Crippen molar-refractivity contribution in [3.63, 3.8) is 0 Å². The molecular formula is C15H26N4O. The highest BCUT2D eigenvalue weighted by Crippen LogP contribution is 2.30. The van der Waals surface area contributed by atoms with Crippen LogP contribution in [0.15, 0.2) is 0 Å². The van der Waals surface area contributed by atoms with Gasteiger partial charge in [0, 0.05) is 37.1 Å². The van der Waals surface area contributed by atoms with Crippen LogP contribution in [0.1, 0.15) is 38.6 Å². The van der Waals surface area contributed by atoms with Gasteiger partial charge < -0.3 is 15.4 Å². The molecule has 0 spiro atoms. The molecule has 0 aromatic carbocycles. The second-order valence-corrected chi connectivity index (χ2v) is 6.69. The number of methoxy groups -OCH3 is 1. The molecule has 2 N–H and O–H groups in total. The van der Waals surface area contributed by atoms with Crippen molar-refractivity contribution < 1.29 is 4.74 Å². The van der Waals surface area contributed by atoms with Gasteiger partial charge in [-0.2, -0.15) is 0 Å². The van der Waals surface area contributed by atoms with Crippen LogP contribution in [-0.2, 0) is 10.2 Å². The fraction of sp³-hybridized carbons (Fsp3) is 0.733. The van der Waals surface area contributed by atoms with E-state index in [9.17, 15) is 0 Å². The maximum atomic E-state index is 6.08. The van der Waals surface area contributed by atoms with E-state index in [0.717, 1.165) is 43.3 Å². The lowest BCUT2D eigenvalue weighted by molar-refractivity contribution is 0.161. The van der Waals surface area contributed by atoms with Crippen LogP contribution >= 0.6 is 0 Å². The maximum absolute atomic E-state index is 6.08. The van der Waals surface area contributed by atoms with E-state index in [4.69, 9.17) is 15.5 Å². The van der Waals surface area contributed by atoms with Gasteiger partial charge in [0.1, 0.15) is 17.5 Å². The summed E-state index contributed by atoms with van der Waals surface area (Å²) in [5, 5.41) is 0. The Hall–Kier alpha value is -1.36. The van der Waals surface area contributed by atoms with Crippen molar-refractivity contribution in [2.24, 2.45) is 5.92 Å². The number of anilines is 2. The smallest absolute Gasteiger partial charge is 0.138 e. The van der Waals surface area contributed by atoms with E-state index in [2.05, 4.69) is 30.7 Å². The number of rotatable bonds is 3. The van der Waals surface area contributed by atoms with Gasteiger partial charge in [0.25, 0.3) is 0 Å². The molecule has 1 aromatic heterocycles. The first-order valence-electron chi connectivity index (χ1n) is 7.21. The Labute approximate surface area is 121 Å². The van der Waals surface area contributed by atoms with Crippen molar-refractivity contribution >= 4 is 11.6 Å². The lowest BCUT2D eigenvalue weighted by Crippen LogP contribution is -2.26. The molecule has 2 heterocycles. The molecule has 0 saturated carbocycles. The summed E-state index contributed by atoms with van der Waals surface area (Å²) < 4.78 is 5.26. The van der Waals surface area contributed by atoms with Crippen molar-refractivity contribution in [3.8, 4) is 0 Å². The van der Waals surface area contributed by atoms with Crippen molar-refractivity contribution in [2.45, 2.75) is 39.5 Å². The molecule has 0 amide bonds. The minimum atomic E-state index is -0.0950. The van der Waals surface area contributed by atoms with Crippen molar-refractivity contribution in [2.75, 3.05) is 37.4 Å². The predicted octanol–water partition coefficient (Wildman–Crippen LogP) is 2.14. The number of nitrogen functional groups attached to an aromatic ring is 1. The average Bonchev–Trinajstić information content (AvgIpc) is 2.80. The molecule has 5 heteroatoms. The van der Waals surface area contributed by atoms with Crippen molar-refractivity contribution in [1.82, 2.24) is 9.97 Å². The van der Waals surface area contributed by atoms with Gasteiger partial charge in [0.15, 0.2) is 0 Å². The molecule has 1 saturated heterocycles. The summed E-state index contributed by atoms with van der Waals surface area (Å²) in [6, 6.07) is 0. The number of hydrogen-bond acceptors (Lipinski definition) is 5. The van der Waals surface area contributed by atoms with Crippen LogP contribution < -0.4 is 10.6 Å². The fourth-order valence-corrected chi connectivity index (χ4v) is 2.56. The molecule has 1 aliphatic heterocycles. The van der Waals surface area contributed by atoms with E-state index in [0.29, 0.717) is 11.7 Å². The Balaban J connectivity index is 2.30. The van der Waals surface area contributed by atoms with Gasteiger partial charge in [0.2, 0.25) is 0 Å². The highest BCUT2D eigenvalue weighted by Gasteiger charge is 2.27. The number of ether oxygens (including phenoxy) is 1. The minimum absolute atomic E-state index is 0.0950. The van der Waals surface area contributed by atoms with Gasteiger partial charge in [0.05, 0.1) is 6.61 Å². The summed E-state index contributed by atoms with van der Waals surface area (Å²) in [5.74, 6) is 2.97. The largest absolute Gasteiger partial charge is 0.384 e. The summed E-state index contributed by atoms with van der Waals surface area (Å²) >= 11 is 0. The fourth-order valence-electron chi connectivity index (χ4n) is 2.56. The average molecular weight is 278 g/mol. The van der Waals surface area contributed by atoms with Crippen molar-refractivity contribution in [1.29, 1.82) is 0 Å². The number of hydrogen-bond donors (Lipinski definition) is 1. The van der Waals surface area contributed by atoms with E-state index in [1.165, 1.54) is 0 Å². The zero-order chi connectivity index (χ0) is 14.9. The van der Waals surface area contributed by atoms with Gasteiger partial charge in [-0.3, -0.25) is 0 Å². The Morgan fingerprint density at radius 2 is 2.05 bits per heavy atom. The molecule has 20 heavy (non-hydrogen) atoms. The van der Waals surface area contributed by atoms with Crippen molar-refractivity contribution in [3.05, 3.63) is 11.4 Å². The topological polar surface area (TPSA) is 64.3 Å². The summed E-state index contributed by atoms with van der Waals surface area (Å²) in [7, 11) is 1.76. The Morgan fingerprint density at radius 3 is 2.65 bits per heavy atom. The number of nitrogens with zero attached hydrogens (tertiary/aromatic N) is 3. The lowest BCUT2D eigenvalue weighted by Gasteiger charge is -2.24. The monoisotopic (exact) mass is 278 g/mol. The van der Waals surface area contributed by atoms with Crippen LogP contribution in [0, 0.1) is 12.8 Å². The van der Waals surface area contributed by atoms with Crippen LogP contribution in [0.25, 0.3) is 0 Å². The van der Waals surface area contributed by atoms with E-state index in [1.807, 2.05) is 6.92 Å². The molecule has 5 nitrogen and oxygen atoms in total. The molecule has 1 aliphatic rings. The van der Waals surface area contributed by atoms with Gasteiger partial charge in [-0.1, -0.05) is 20.8 Å². The minimum Gasteiger partial charge on any atom is -0.384 e. The highest BCUT2D eigenvalue weighted by molar-refractivity contribution is 5.57. The normalized spacial score (nSPS) is 19.6. The second kappa shape index (κ2) is 5.56. The summed E-state index contributed by atoms with van der Waals surface area (Å²) in [6.07, 6.45) is 1.14. The zero-order valence-electron chi connectivity index (χ0n) is 13.2. The van der Waals surface area contributed by atoms with Gasteiger partial charge in [-0.15, -0.1) is 0 Å². The van der Waals surface area contributed by atoms with Gasteiger partial charge >= 0.3 is 0 Å². The third kappa shape index (κ3) is 3.03. The second-order valence-electron chi connectivity index (χ2n) is 6.69. The summed E-state index contributed by atoms with van der Waals surface area (Å²) in [5.41, 5.74) is 6.96. The first kappa shape index (κ1) is 15.0. The lowest BCUT2D eigenvalue weighted by atomic mass is 9.95. The first-order valence-corrected chi connectivity index (χ1v) is 7.21. The van der Waals surface area contributed by atoms with Crippen LogP contribution in [0.4, 0.5) is 11.6 Å². The third-order valence-corrected chi connectivity index (χ3v) is 3.82. The Bertz CT molecular complexity index is 481. The molecule has 1 unspecified atom stereocenters. The van der Waals surface area contributed by atoms with Crippen LogP contribution in [0.3, 0.4) is 0 Å². The maximum Gasteiger partial charge on any atom is 0.138 e. The van der Waals surface area contributed by atoms with Gasteiger partial charge in [-0.05, 0) is 13.3 Å². The Kier molecular flexibility index (Phi) is 4.18. The molecule has 1 fully saturated rings. The molecule has 2 rings (SSSR count). The molecule has 1 aromatic rings. The highest BCUT2D eigenvalue weighted by atomic mass is 16.5. The molecule has 0 aliphatic carbocycles. The Morgan fingerprint density at radius 1 is 1.35 bits per heavy atom.